The van der Waals surface area contributed by atoms with E-state index < -0.39 is 5.97 Å². The standard InChI is InChI=1S/C29H30O3/c1-19-15-25(18-29(2,3)17-19)27(22-11-13-26(30)14-12-22)21-9-7-20(8-10-21)23-5-4-6-24(16-23)28(31)32/h4-14,16,19,30H,15,17-18H2,1-3H3,(H,31,32)/b27-25-. The van der Waals surface area contributed by atoms with Gasteiger partial charge in [0.25, 0.3) is 0 Å². The molecule has 4 rings (SSSR count). The molecule has 0 aromatic heterocycles. The summed E-state index contributed by atoms with van der Waals surface area (Å²) in [5.74, 6) is -0.0279. The van der Waals surface area contributed by atoms with E-state index >= 15 is 0 Å². The van der Waals surface area contributed by atoms with E-state index in [2.05, 4.69) is 45.0 Å². The van der Waals surface area contributed by atoms with E-state index in [1.807, 2.05) is 18.2 Å². The Bertz CT molecular complexity index is 1150. The molecule has 1 aliphatic rings. The van der Waals surface area contributed by atoms with Crippen molar-refractivity contribution in [2.24, 2.45) is 11.3 Å². The second-order valence-corrected chi connectivity index (χ2v) is 9.84. The molecule has 3 heteroatoms. The number of hydrogen-bond acceptors (Lipinski definition) is 2. The van der Waals surface area contributed by atoms with Crippen molar-refractivity contribution in [1.82, 2.24) is 0 Å². The lowest BCUT2D eigenvalue weighted by Crippen LogP contribution is -2.23. The molecule has 0 spiro atoms. The van der Waals surface area contributed by atoms with Crippen LogP contribution < -0.4 is 0 Å². The average Bonchev–Trinajstić information content (AvgIpc) is 2.74. The van der Waals surface area contributed by atoms with Crippen molar-refractivity contribution in [1.29, 1.82) is 0 Å². The molecule has 1 fully saturated rings. The molecule has 164 valence electrons. The monoisotopic (exact) mass is 426 g/mol. The second kappa shape index (κ2) is 8.66. The van der Waals surface area contributed by atoms with Crippen LogP contribution in [0, 0.1) is 11.3 Å². The maximum Gasteiger partial charge on any atom is 0.335 e. The molecule has 0 radical (unpaired) electrons. The van der Waals surface area contributed by atoms with Gasteiger partial charge >= 0.3 is 5.97 Å². The molecule has 1 atom stereocenters. The van der Waals surface area contributed by atoms with Crippen LogP contribution in [-0.4, -0.2) is 16.2 Å². The van der Waals surface area contributed by atoms with E-state index in [-0.39, 0.29) is 16.7 Å². The van der Waals surface area contributed by atoms with Crippen molar-refractivity contribution in [2.45, 2.75) is 40.0 Å². The number of carboxylic acids is 1. The molecule has 1 aliphatic carbocycles. The third-order valence-electron chi connectivity index (χ3n) is 6.31. The molecule has 0 amide bonds. The lowest BCUT2D eigenvalue weighted by molar-refractivity contribution is 0.0697. The summed E-state index contributed by atoms with van der Waals surface area (Å²) in [6.45, 7) is 7.01. The van der Waals surface area contributed by atoms with Gasteiger partial charge in [0.15, 0.2) is 0 Å². The first-order valence-corrected chi connectivity index (χ1v) is 11.2. The van der Waals surface area contributed by atoms with Crippen LogP contribution in [-0.2, 0) is 0 Å². The van der Waals surface area contributed by atoms with Gasteiger partial charge in [0.2, 0.25) is 0 Å². The van der Waals surface area contributed by atoms with Crippen LogP contribution in [0.5, 0.6) is 5.75 Å². The minimum absolute atomic E-state index is 0.256. The van der Waals surface area contributed by atoms with Gasteiger partial charge < -0.3 is 10.2 Å². The van der Waals surface area contributed by atoms with Crippen molar-refractivity contribution in [3.63, 3.8) is 0 Å². The van der Waals surface area contributed by atoms with Crippen LogP contribution >= 0.6 is 0 Å². The molecule has 0 saturated heterocycles. The maximum atomic E-state index is 11.3. The summed E-state index contributed by atoms with van der Waals surface area (Å²) in [5, 5.41) is 19.1. The molecule has 0 aliphatic heterocycles. The first-order chi connectivity index (χ1) is 15.2. The van der Waals surface area contributed by atoms with E-state index in [9.17, 15) is 15.0 Å². The summed E-state index contributed by atoms with van der Waals surface area (Å²) < 4.78 is 0. The molecular formula is C29H30O3. The highest BCUT2D eigenvalue weighted by Crippen LogP contribution is 2.45. The normalized spacial score (nSPS) is 19.4. The van der Waals surface area contributed by atoms with Gasteiger partial charge in [-0.25, -0.2) is 4.79 Å². The van der Waals surface area contributed by atoms with Crippen LogP contribution in [0.1, 0.15) is 61.5 Å². The highest BCUT2D eigenvalue weighted by Gasteiger charge is 2.30. The van der Waals surface area contributed by atoms with Crippen molar-refractivity contribution < 1.29 is 15.0 Å². The molecule has 32 heavy (non-hydrogen) atoms. The number of phenols is 1. The Morgan fingerprint density at radius 1 is 0.875 bits per heavy atom. The van der Waals surface area contributed by atoms with E-state index in [0.29, 0.717) is 5.92 Å². The zero-order valence-electron chi connectivity index (χ0n) is 18.9. The third kappa shape index (κ3) is 4.77. The van der Waals surface area contributed by atoms with Crippen molar-refractivity contribution in [3.8, 4) is 16.9 Å². The van der Waals surface area contributed by atoms with E-state index in [1.54, 1.807) is 30.3 Å². The zero-order chi connectivity index (χ0) is 22.9. The lowest BCUT2D eigenvalue weighted by atomic mass is 9.68. The minimum Gasteiger partial charge on any atom is -0.508 e. The molecule has 0 heterocycles. The molecule has 1 saturated carbocycles. The third-order valence-corrected chi connectivity index (χ3v) is 6.31. The number of benzene rings is 3. The van der Waals surface area contributed by atoms with Crippen LogP contribution in [0.4, 0.5) is 0 Å². The SMILES string of the molecule is CC1C/C(=C(/c2ccc(O)cc2)c2ccc(-c3cccc(C(=O)O)c3)cc2)CC(C)(C)C1. The highest BCUT2D eigenvalue weighted by molar-refractivity contribution is 5.89. The summed E-state index contributed by atoms with van der Waals surface area (Å²) in [6, 6.07) is 22.9. The van der Waals surface area contributed by atoms with Gasteiger partial charge in [-0.05, 0) is 82.7 Å². The Morgan fingerprint density at radius 3 is 2.09 bits per heavy atom. The molecule has 3 aromatic carbocycles. The van der Waals surface area contributed by atoms with E-state index in [0.717, 1.165) is 35.1 Å². The second-order valence-electron chi connectivity index (χ2n) is 9.84. The van der Waals surface area contributed by atoms with Crippen molar-refractivity contribution in [2.75, 3.05) is 0 Å². The van der Waals surface area contributed by atoms with E-state index in [1.165, 1.54) is 17.6 Å². The molecule has 0 bridgehead atoms. The zero-order valence-corrected chi connectivity index (χ0v) is 18.9. The van der Waals surface area contributed by atoms with Gasteiger partial charge in [-0.3, -0.25) is 0 Å². The lowest BCUT2D eigenvalue weighted by Gasteiger charge is -2.37. The van der Waals surface area contributed by atoms with Gasteiger partial charge in [0, 0.05) is 0 Å². The largest absolute Gasteiger partial charge is 0.508 e. The Kier molecular flexibility index (Phi) is 5.92. The molecule has 1 unspecified atom stereocenters. The molecule has 3 aromatic rings. The fourth-order valence-corrected chi connectivity index (χ4v) is 5.21. The predicted octanol–water partition coefficient (Wildman–Crippen LogP) is 7.41. The number of carboxylic acid groups (broad SMARTS) is 1. The average molecular weight is 427 g/mol. The quantitative estimate of drug-likeness (QED) is 0.457. The van der Waals surface area contributed by atoms with Gasteiger partial charge in [0.05, 0.1) is 5.56 Å². The van der Waals surface area contributed by atoms with Crippen molar-refractivity contribution >= 4 is 11.5 Å². The number of hydrogen-bond donors (Lipinski definition) is 2. The number of carbonyl (C=O) groups is 1. The number of rotatable bonds is 4. The molecule has 2 N–H and O–H groups in total. The van der Waals surface area contributed by atoms with Crippen LogP contribution in [0.2, 0.25) is 0 Å². The predicted molar refractivity (Wildman–Crippen MR) is 130 cm³/mol. The summed E-state index contributed by atoms with van der Waals surface area (Å²) >= 11 is 0. The number of phenolic OH excluding ortho intramolecular Hbond substituents is 1. The topological polar surface area (TPSA) is 57.5 Å². The summed E-state index contributed by atoms with van der Waals surface area (Å²) in [6.07, 6.45) is 3.34. The smallest absolute Gasteiger partial charge is 0.335 e. The molecular weight excluding hydrogens is 396 g/mol. The van der Waals surface area contributed by atoms with Gasteiger partial charge in [0.1, 0.15) is 5.75 Å². The minimum atomic E-state index is -0.920. The summed E-state index contributed by atoms with van der Waals surface area (Å²) in [5.41, 5.74) is 7.39. The van der Waals surface area contributed by atoms with Crippen LogP contribution in [0.3, 0.4) is 0 Å². The van der Waals surface area contributed by atoms with Crippen LogP contribution in [0.15, 0.2) is 78.4 Å². The Labute approximate surface area is 190 Å². The fraction of sp³-hybridized carbons (Fsp3) is 0.276. The first kappa shape index (κ1) is 21.9. The Hall–Kier alpha value is -3.33. The Morgan fingerprint density at radius 2 is 1.50 bits per heavy atom. The van der Waals surface area contributed by atoms with Gasteiger partial charge in [-0.15, -0.1) is 0 Å². The van der Waals surface area contributed by atoms with Crippen LogP contribution in [0.25, 0.3) is 16.7 Å². The van der Waals surface area contributed by atoms with Crippen molar-refractivity contribution in [3.05, 3.63) is 95.1 Å². The van der Waals surface area contributed by atoms with Gasteiger partial charge in [-0.2, -0.15) is 0 Å². The highest BCUT2D eigenvalue weighted by atomic mass is 16.4. The first-order valence-electron chi connectivity index (χ1n) is 11.2. The fourth-order valence-electron chi connectivity index (χ4n) is 5.21. The Balaban J connectivity index is 1.79. The molecule has 3 nitrogen and oxygen atoms in total. The number of allylic oxidation sites excluding steroid dienone is 1. The summed E-state index contributed by atoms with van der Waals surface area (Å²) in [7, 11) is 0. The number of aromatic carboxylic acids is 1. The van der Waals surface area contributed by atoms with E-state index in [4.69, 9.17) is 0 Å². The maximum absolute atomic E-state index is 11.3. The van der Waals surface area contributed by atoms with Gasteiger partial charge in [-0.1, -0.05) is 74.9 Å². The number of aromatic hydroxyl groups is 1. The summed E-state index contributed by atoms with van der Waals surface area (Å²) in [4.78, 5) is 11.3.